The molecule has 1 N–H and O–H groups in total. The summed E-state index contributed by atoms with van der Waals surface area (Å²) < 4.78 is 0. The second-order valence-electron chi connectivity index (χ2n) is 3.63. The summed E-state index contributed by atoms with van der Waals surface area (Å²) in [7, 11) is 2.11. The van der Waals surface area contributed by atoms with Crippen molar-refractivity contribution >= 4 is 0 Å². The molecule has 0 aromatic heterocycles. The standard InChI is InChI=1S/C9H19NO/c1-3-4-5-8-6-9(11)7-10(8)2/h8-9,11H,3-7H2,1-2H3. The van der Waals surface area contributed by atoms with E-state index in [0.29, 0.717) is 6.04 Å². The Morgan fingerprint density at radius 2 is 2.27 bits per heavy atom. The molecule has 1 heterocycles. The van der Waals surface area contributed by atoms with Crippen LogP contribution in [0.1, 0.15) is 32.6 Å². The summed E-state index contributed by atoms with van der Waals surface area (Å²) in [5.74, 6) is 0. The van der Waals surface area contributed by atoms with E-state index in [4.69, 9.17) is 0 Å². The van der Waals surface area contributed by atoms with Crippen LogP contribution in [0, 0.1) is 0 Å². The molecule has 11 heavy (non-hydrogen) atoms. The lowest BCUT2D eigenvalue weighted by Gasteiger charge is -2.17. The normalized spacial score (nSPS) is 33.0. The number of hydrogen-bond donors (Lipinski definition) is 1. The van der Waals surface area contributed by atoms with Crippen molar-refractivity contribution in [2.24, 2.45) is 0 Å². The van der Waals surface area contributed by atoms with E-state index in [1.807, 2.05) is 0 Å². The third-order valence-electron chi connectivity index (χ3n) is 2.56. The highest BCUT2D eigenvalue weighted by atomic mass is 16.3. The van der Waals surface area contributed by atoms with Crippen LogP contribution >= 0.6 is 0 Å². The zero-order valence-corrected chi connectivity index (χ0v) is 7.58. The Morgan fingerprint density at radius 1 is 1.55 bits per heavy atom. The lowest BCUT2D eigenvalue weighted by molar-refractivity contribution is 0.182. The number of unbranched alkanes of at least 4 members (excludes halogenated alkanes) is 1. The van der Waals surface area contributed by atoms with Crippen molar-refractivity contribution in [2.45, 2.75) is 44.8 Å². The molecule has 1 fully saturated rings. The molecule has 2 atom stereocenters. The van der Waals surface area contributed by atoms with Gasteiger partial charge in [0.1, 0.15) is 0 Å². The third-order valence-corrected chi connectivity index (χ3v) is 2.56. The Kier molecular flexibility index (Phi) is 3.34. The highest BCUT2D eigenvalue weighted by molar-refractivity contribution is 4.82. The largest absolute Gasteiger partial charge is 0.392 e. The van der Waals surface area contributed by atoms with Gasteiger partial charge in [-0.2, -0.15) is 0 Å². The fraction of sp³-hybridized carbons (Fsp3) is 1.00. The van der Waals surface area contributed by atoms with Crippen LogP contribution in [0.25, 0.3) is 0 Å². The molecule has 1 aliphatic rings. The predicted octanol–water partition coefficient (Wildman–Crippen LogP) is 1.24. The van der Waals surface area contributed by atoms with Crippen LogP contribution in [0.4, 0.5) is 0 Å². The average molecular weight is 157 g/mol. The number of likely N-dealkylation sites (N-methyl/N-ethyl adjacent to an activating group) is 1. The lowest BCUT2D eigenvalue weighted by atomic mass is 10.1. The molecule has 1 saturated heterocycles. The maximum atomic E-state index is 9.33. The van der Waals surface area contributed by atoms with E-state index in [-0.39, 0.29) is 6.10 Å². The summed E-state index contributed by atoms with van der Waals surface area (Å²) in [6.45, 7) is 3.08. The second kappa shape index (κ2) is 4.07. The first kappa shape index (κ1) is 9.01. The summed E-state index contributed by atoms with van der Waals surface area (Å²) >= 11 is 0. The molecular weight excluding hydrogens is 138 g/mol. The fourth-order valence-corrected chi connectivity index (χ4v) is 1.83. The molecule has 66 valence electrons. The average Bonchev–Trinajstić information content (AvgIpc) is 2.26. The monoisotopic (exact) mass is 157 g/mol. The zero-order valence-electron chi connectivity index (χ0n) is 7.58. The van der Waals surface area contributed by atoms with E-state index in [1.54, 1.807) is 0 Å². The molecule has 0 spiro atoms. The molecule has 0 aromatic carbocycles. The van der Waals surface area contributed by atoms with Gasteiger partial charge in [0.05, 0.1) is 6.10 Å². The van der Waals surface area contributed by atoms with Gasteiger partial charge in [-0.3, -0.25) is 0 Å². The van der Waals surface area contributed by atoms with E-state index in [9.17, 15) is 5.11 Å². The summed E-state index contributed by atoms with van der Waals surface area (Å²) in [6, 6.07) is 0.643. The molecule has 2 heteroatoms. The maximum absolute atomic E-state index is 9.33. The van der Waals surface area contributed by atoms with Crippen molar-refractivity contribution in [1.82, 2.24) is 4.90 Å². The summed E-state index contributed by atoms with van der Waals surface area (Å²) in [6.07, 6.45) is 4.73. The van der Waals surface area contributed by atoms with Crippen LogP contribution in [0.15, 0.2) is 0 Å². The Hall–Kier alpha value is -0.0800. The minimum atomic E-state index is -0.0677. The molecule has 0 aromatic rings. The number of hydrogen-bond acceptors (Lipinski definition) is 2. The number of rotatable bonds is 3. The molecule has 2 nitrogen and oxygen atoms in total. The van der Waals surface area contributed by atoms with Gasteiger partial charge in [0, 0.05) is 12.6 Å². The lowest BCUT2D eigenvalue weighted by Crippen LogP contribution is -2.24. The topological polar surface area (TPSA) is 23.5 Å². The molecule has 0 saturated carbocycles. The molecule has 0 radical (unpaired) electrons. The van der Waals surface area contributed by atoms with Gasteiger partial charge in [-0.15, -0.1) is 0 Å². The van der Waals surface area contributed by atoms with Crippen LogP contribution in [0.5, 0.6) is 0 Å². The fourth-order valence-electron chi connectivity index (χ4n) is 1.83. The Labute approximate surface area is 69.2 Å². The molecule has 1 rings (SSSR count). The Morgan fingerprint density at radius 3 is 2.73 bits per heavy atom. The van der Waals surface area contributed by atoms with Gasteiger partial charge in [0.25, 0.3) is 0 Å². The number of β-amino-alcohol motifs (C(OH)–C–C–N with tert-alkyl or cyclic N) is 1. The zero-order chi connectivity index (χ0) is 8.27. The van der Waals surface area contributed by atoms with Gasteiger partial charge in [0.2, 0.25) is 0 Å². The minimum absolute atomic E-state index is 0.0677. The molecular formula is C9H19NO. The molecule has 1 aliphatic heterocycles. The Balaban J connectivity index is 2.23. The quantitative estimate of drug-likeness (QED) is 0.666. The van der Waals surface area contributed by atoms with Gasteiger partial charge in [-0.25, -0.2) is 0 Å². The molecule has 0 amide bonds. The molecule has 0 bridgehead atoms. The smallest absolute Gasteiger partial charge is 0.0682 e. The SMILES string of the molecule is CCCCC1CC(O)CN1C. The van der Waals surface area contributed by atoms with Crippen molar-refractivity contribution in [3.63, 3.8) is 0 Å². The summed E-state index contributed by atoms with van der Waals surface area (Å²) in [5.41, 5.74) is 0. The summed E-state index contributed by atoms with van der Waals surface area (Å²) in [4.78, 5) is 2.28. The van der Waals surface area contributed by atoms with Crippen molar-refractivity contribution in [3.8, 4) is 0 Å². The number of aliphatic hydroxyl groups excluding tert-OH is 1. The van der Waals surface area contributed by atoms with Crippen molar-refractivity contribution in [2.75, 3.05) is 13.6 Å². The van der Waals surface area contributed by atoms with E-state index in [0.717, 1.165) is 13.0 Å². The van der Waals surface area contributed by atoms with E-state index in [1.165, 1.54) is 19.3 Å². The molecule has 2 unspecified atom stereocenters. The first-order chi connectivity index (χ1) is 5.24. The van der Waals surface area contributed by atoms with Crippen LogP contribution < -0.4 is 0 Å². The van der Waals surface area contributed by atoms with Crippen LogP contribution in [-0.2, 0) is 0 Å². The first-order valence-corrected chi connectivity index (χ1v) is 4.62. The van der Waals surface area contributed by atoms with Gasteiger partial charge in [-0.05, 0) is 19.9 Å². The van der Waals surface area contributed by atoms with Crippen molar-refractivity contribution < 1.29 is 5.11 Å². The highest BCUT2D eigenvalue weighted by Gasteiger charge is 2.26. The van der Waals surface area contributed by atoms with Gasteiger partial charge >= 0.3 is 0 Å². The van der Waals surface area contributed by atoms with Gasteiger partial charge in [0.15, 0.2) is 0 Å². The van der Waals surface area contributed by atoms with Crippen molar-refractivity contribution in [3.05, 3.63) is 0 Å². The summed E-state index contributed by atoms with van der Waals surface area (Å²) in [5, 5.41) is 9.33. The minimum Gasteiger partial charge on any atom is -0.392 e. The van der Waals surface area contributed by atoms with Gasteiger partial charge in [-0.1, -0.05) is 19.8 Å². The van der Waals surface area contributed by atoms with Crippen LogP contribution in [0.3, 0.4) is 0 Å². The number of aliphatic hydroxyl groups is 1. The third kappa shape index (κ3) is 2.46. The van der Waals surface area contributed by atoms with Crippen LogP contribution in [-0.4, -0.2) is 35.7 Å². The predicted molar refractivity (Wildman–Crippen MR) is 46.6 cm³/mol. The van der Waals surface area contributed by atoms with Gasteiger partial charge < -0.3 is 10.0 Å². The highest BCUT2D eigenvalue weighted by Crippen LogP contribution is 2.20. The first-order valence-electron chi connectivity index (χ1n) is 4.62. The van der Waals surface area contributed by atoms with E-state index in [2.05, 4.69) is 18.9 Å². The second-order valence-corrected chi connectivity index (χ2v) is 3.63. The maximum Gasteiger partial charge on any atom is 0.0682 e. The van der Waals surface area contributed by atoms with Crippen molar-refractivity contribution in [1.29, 1.82) is 0 Å². The molecule has 0 aliphatic carbocycles. The number of likely N-dealkylation sites (tertiary alicyclic amines) is 1. The Bertz CT molecular complexity index is 116. The van der Waals surface area contributed by atoms with E-state index >= 15 is 0 Å². The number of nitrogens with zero attached hydrogens (tertiary/aromatic N) is 1. The van der Waals surface area contributed by atoms with Crippen LogP contribution in [0.2, 0.25) is 0 Å². The van der Waals surface area contributed by atoms with E-state index < -0.39 is 0 Å².